The molecule has 0 N–H and O–H groups in total. The van der Waals surface area contributed by atoms with Crippen LogP contribution in [0.3, 0.4) is 0 Å². The fraction of sp³-hybridized carbons (Fsp3) is 0.182. The number of nitrogens with zero attached hydrogens (tertiary/aromatic N) is 7. The molecule has 0 fully saturated rings. The van der Waals surface area contributed by atoms with Crippen LogP contribution in [0.25, 0.3) is 28.4 Å². The summed E-state index contributed by atoms with van der Waals surface area (Å²) in [5, 5.41) is 25.2. The van der Waals surface area contributed by atoms with E-state index >= 15 is 0 Å². The van der Waals surface area contributed by atoms with Gasteiger partial charge in [0.2, 0.25) is 11.0 Å². The zero-order chi connectivity index (χ0) is 22.8. The molecule has 2 aromatic carbocycles. The Bertz CT molecular complexity index is 1390. The van der Waals surface area contributed by atoms with Crippen LogP contribution in [0.15, 0.2) is 62.6 Å². The molecule has 0 spiro atoms. The number of tetrazole rings is 1. The molecule has 0 amide bonds. The van der Waals surface area contributed by atoms with Gasteiger partial charge in [-0.25, -0.2) is 0 Å². The molecule has 0 bridgehead atoms. The molecule has 166 valence electrons. The minimum absolute atomic E-state index is 0.350. The Labute approximate surface area is 193 Å². The number of rotatable bonds is 7. The van der Waals surface area contributed by atoms with Crippen LogP contribution in [-0.4, -0.2) is 42.7 Å². The van der Waals surface area contributed by atoms with Crippen LogP contribution in [0.2, 0.25) is 0 Å². The zero-order valence-electron chi connectivity index (χ0n) is 18.1. The van der Waals surface area contributed by atoms with Gasteiger partial charge in [-0.15, -0.1) is 15.3 Å². The predicted molar refractivity (Wildman–Crippen MR) is 120 cm³/mol. The first-order chi connectivity index (χ1) is 16.1. The van der Waals surface area contributed by atoms with Crippen molar-refractivity contribution in [1.82, 2.24) is 35.6 Å². The van der Waals surface area contributed by atoms with Crippen LogP contribution in [0.5, 0.6) is 5.75 Å². The lowest BCUT2D eigenvalue weighted by Crippen LogP contribution is -2.02. The van der Waals surface area contributed by atoms with Crippen molar-refractivity contribution in [2.75, 3.05) is 7.11 Å². The van der Waals surface area contributed by atoms with Gasteiger partial charge >= 0.3 is 0 Å². The summed E-state index contributed by atoms with van der Waals surface area (Å²) in [5.41, 5.74) is 4.07. The van der Waals surface area contributed by atoms with E-state index in [0.717, 1.165) is 16.8 Å². The van der Waals surface area contributed by atoms with Gasteiger partial charge in [-0.3, -0.25) is 0 Å². The third kappa shape index (κ3) is 4.10. The molecule has 5 aromatic rings. The first-order valence-electron chi connectivity index (χ1n) is 10.0. The van der Waals surface area contributed by atoms with Gasteiger partial charge < -0.3 is 13.7 Å². The molecular weight excluding hydrogens is 442 g/mol. The van der Waals surface area contributed by atoms with E-state index in [9.17, 15) is 0 Å². The second-order valence-electron chi connectivity index (χ2n) is 7.17. The monoisotopic (exact) mass is 461 g/mol. The Morgan fingerprint density at radius 3 is 2.70 bits per heavy atom. The minimum Gasteiger partial charge on any atom is -0.494 e. The fourth-order valence-corrected chi connectivity index (χ4v) is 4.06. The molecule has 5 rings (SSSR count). The maximum Gasteiger partial charge on any atom is 0.253 e. The van der Waals surface area contributed by atoms with E-state index in [2.05, 4.69) is 30.9 Å². The molecule has 3 aromatic heterocycles. The summed E-state index contributed by atoms with van der Waals surface area (Å²) in [6.45, 7) is 3.81. The summed E-state index contributed by atoms with van der Waals surface area (Å²) in [4.78, 5) is 0. The number of methoxy groups -OCH3 is 1. The Morgan fingerprint density at radius 1 is 1.03 bits per heavy atom. The molecule has 0 saturated carbocycles. The standard InChI is InChI=1S/C22H19N7O3S/c1-13-9-10-17(30-3)16(11-13)29-22(25-27-28-29)33-12-18-23-24-21(31-18)19-14(2)32-26-20(19)15-7-5-4-6-8-15/h4-11H,12H2,1-3H3. The van der Waals surface area contributed by atoms with E-state index in [1.54, 1.807) is 11.8 Å². The Kier molecular flexibility index (Phi) is 5.61. The van der Waals surface area contributed by atoms with Crippen LogP contribution in [0, 0.1) is 13.8 Å². The highest BCUT2D eigenvalue weighted by Crippen LogP contribution is 2.34. The highest BCUT2D eigenvalue weighted by Gasteiger charge is 2.22. The topological polar surface area (TPSA) is 118 Å². The van der Waals surface area contributed by atoms with E-state index in [-0.39, 0.29) is 0 Å². The van der Waals surface area contributed by atoms with E-state index in [4.69, 9.17) is 13.7 Å². The summed E-state index contributed by atoms with van der Waals surface area (Å²) < 4.78 is 18.4. The van der Waals surface area contributed by atoms with Crippen LogP contribution in [-0.2, 0) is 5.75 Å². The maximum absolute atomic E-state index is 5.93. The SMILES string of the molecule is COc1ccc(C)cc1-n1nnnc1SCc1nnc(-c2c(-c3ccccc3)noc2C)o1. The van der Waals surface area contributed by atoms with Crippen molar-refractivity contribution in [3.8, 4) is 34.1 Å². The minimum atomic E-state index is 0.350. The molecule has 0 atom stereocenters. The lowest BCUT2D eigenvalue weighted by molar-refractivity contribution is 0.399. The number of hydrogen-bond acceptors (Lipinski definition) is 10. The van der Waals surface area contributed by atoms with Crippen molar-refractivity contribution in [1.29, 1.82) is 0 Å². The normalized spacial score (nSPS) is 11.1. The largest absolute Gasteiger partial charge is 0.494 e. The van der Waals surface area contributed by atoms with Gasteiger partial charge in [-0.2, -0.15) is 4.68 Å². The van der Waals surface area contributed by atoms with Crippen LogP contribution >= 0.6 is 11.8 Å². The van der Waals surface area contributed by atoms with Gasteiger partial charge in [-0.05, 0) is 42.0 Å². The van der Waals surface area contributed by atoms with Crippen molar-refractivity contribution < 1.29 is 13.7 Å². The van der Waals surface area contributed by atoms with Gasteiger partial charge in [0.25, 0.3) is 5.89 Å². The number of aryl methyl sites for hydroxylation is 2. The summed E-state index contributed by atoms with van der Waals surface area (Å²) in [6, 6.07) is 15.5. The fourth-order valence-electron chi connectivity index (χ4n) is 3.34. The van der Waals surface area contributed by atoms with Gasteiger partial charge in [0.15, 0.2) is 0 Å². The van der Waals surface area contributed by atoms with Gasteiger partial charge in [0.1, 0.15) is 28.5 Å². The van der Waals surface area contributed by atoms with E-state index < -0.39 is 0 Å². The second kappa shape index (κ2) is 8.87. The molecule has 11 heteroatoms. The Balaban J connectivity index is 1.38. The molecule has 0 unspecified atom stereocenters. The first-order valence-corrected chi connectivity index (χ1v) is 11.0. The van der Waals surface area contributed by atoms with Crippen molar-refractivity contribution in [2.45, 2.75) is 24.8 Å². The molecular formula is C22H19N7O3S. The zero-order valence-corrected chi connectivity index (χ0v) is 18.9. The Hall–Kier alpha value is -3.99. The van der Waals surface area contributed by atoms with E-state index in [1.807, 2.05) is 62.4 Å². The summed E-state index contributed by atoms with van der Waals surface area (Å²) in [6.07, 6.45) is 0. The van der Waals surface area contributed by atoms with Gasteiger partial charge in [0.05, 0.1) is 12.9 Å². The molecule has 0 aliphatic carbocycles. The first kappa shape index (κ1) is 20.9. The third-order valence-electron chi connectivity index (χ3n) is 4.92. The highest BCUT2D eigenvalue weighted by atomic mass is 32.2. The number of hydrogen-bond donors (Lipinski definition) is 0. The van der Waals surface area contributed by atoms with Crippen molar-refractivity contribution >= 4 is 11.8 Å². The highest BCUT2D eigenvalue weighted by molar-refractivity contribution is 7.98. The number of benzene rings is 2. The number of ether oxygens (including phenoxy) is 1. The molecule has 10 nitrogen and oxygen atoms in total. The number of aromatic nitrogens is 7. The van der Waals surface area contributed by atoms with Crippen molar-refractivity contribution in [2.24, 2.45) is 0 Å². The lowest BCUT2D eigenvalue weighted by Gasteiger charge is -2.09. The summed E-state index contributed by atoms with van der Waals surface area (Å²) in [5.74, 6) is 2.44. The Morgan fingerprint density at radius 2 is 1.88 bits per heavy atom. The quantitative estimate of drug-likeness (QED) is 0.325. The summed E-state index contributed by atoms with van der Waals surface area (Å²) in [7, 11) is 1.61. The third-order valence-corrected chi connectivity index (χ3v) is 5.82. The number of thioether (sulfide) groups is 1. The van der Waals surface area contributed by atoms with Crippen LogP contribution in [0.4, 0.5) is 0 Å². The van der Waals surface area contributed by atoms with Gasteiger partial charge in [0, 0.05) is 5.56 Å². The molecule has 3 heterocycles. The molecule has 0 aliphatic rings. The predicted octanol–water partition coefficient (Wildman–Crippen LogP) is 4.29. The van der Waals surface area contributed by atoms with Gasteiger partial charge in [-0.1, -0.05) is 53.3 Å². The van der Waals surface area contributed by atoms with Crippen LogP contribution in [0.1, 0.15) is 17.2 Å². The second-order valence-corrected chi connectivity index (χ2v) is 8.11. The average Bonchev–Trinajstić information content (AvgIpc) is 3.57. The smallest absolute Gasteiger partial charge is 0.253 e. The lowest BCUT2D eigenvalue weighted by atomic mass is 10.1. The molecule has 0 saturated heterocycles. The maximum atomic E-state index is 5.93. The molecule has 0 aliphatic heterocycles. The van der Waals surface area contributed by atoms with Crippen molar-refractivity contribution in [3.05, 3.63) is 65.7 Å². The van der Waals surface area contributed by atoms with Crippen molar-refractivity contribution in [3.63, 3.8) is 0 Å². The molecule has 0 radical (unpaired) electrons. The van der Waals surface area contributed by atoms with Crippen LogP contribution < -0.4 is 4.74 Å². The van der Waals surface area contributed by atoms with E-state index in [1.165, 1.54) is 11.8 Å². The average molecular weight is 462 g/mol. The molecule has 33 heavy (non-hydrogen) atoms. The van der Waals surface area contributed by atoms with E-state index in [0.29, 0.717) is 45.5 Å². The summed E-state index contributed by atoms with van der Waals surface area (Å²) >= 11 is 1.38.